The van der Waals surface area contributed by atoms with Crippen LogP contribution in [0, 0.1) is 0 Å². The number of hydrogen-bond acceptors (Lipinski definition) is 8. The molecule has 0 aliphatic carbocycles. The number of pyridine rings is 1. The first-order valence-corrected chi connectivity index (χ1v) is 12.1. The number of carbonyl (C=O) groups is 1. The average Bonchev–Trinajstić information content (AvgIpc) is 2.86. The van der Waals surface area contributed by atoms with Crippen molar-refractivity contribution in [3.63, 3.8) is 0 Å². The van der Waals surface area contributed by atoms with E-state index in [-0.39, 0.29) is 23.2 Å². The predicted octanol–water partition coefficient (Wildman–Crippen LogP) is 2.85. The molecule has 196 valence electrons. The van der Waals surface area contributed by atoms with Crippen LogP contribution in [0.25, 0.3) is 10.9 Å². The first kappa shape index (κ1) is 25.6. The van der Waals surface area contributed by atoms with Gasteiger partial charge in [0.15, 0.2) is 0 Å². The van der Waals surface area contributed by atoms with Crippen LogP contribution in [0.3, 0.4) is 0 Å². The van der Waals surface area contributed by atoms with Crippen molar-refractivity contribution < 1.29 is 27.4 Å². The average molecular weight is 537 g/mol. The van der Waals surface area contributed by atoms with Gasteiger partial charge in [0.05, 0.1) is 35.4 Å². The minimum atomic E-state index is -4.64. The molecule has 1 amide bonds. The molecule has 1 atom stereocenters. The van der Waals surface area contributed by atoms with Gasteiger partial charge in [-0.25, -0.2) is 15.0 Å². The smallest absolute Gasteiger partial charge is 0.451 e. The topological polar surface area (TPSA) is 102 Å². The maximum Gasteiger partial charge on any atom is 0.451 e. The van der Waals surface area contributed by atoms with E-state index in [1.165, 1.54) is 0 Å². The second-order valence-electron chi connectivity index (χ2n) is 8.75. The van der Waals surface area contributed by atoms with Gasteiger partial charge >= 0.3 is 6.18 Å². The van der Waals surface area contributed by atoms with E-state index >= 15 is 0 Å². The van der Waals surface area contributed by atoms with E-state index in [1.54, 1.807) is 24.3 Å². The maximum absolute atomic E-state index is 13.3. The fourth-order valence-corrected chi connectivity index (χ4v) is 4.50. The monoisotopic (exact) mass is 536 g/mol. The summed E-state index contributed by atoms with van der Waals surface area (Å²) in [5.41, 5.74) is 1.27. The van der Waals surface area contributed by atoms with Crippen molar-refractivity contribution in [2.45, 2.75) is 18.3 Å². The van der Waals surface area contributed by atoms with E-state index in [2.05, 4.69) is 25.6 Å². The third kappa shape index (κ3) is 5.77. The number of nitrogens with zero attached hydrogens (tertiary/aromatic N) is 4. The summed E-state index contributed by atoms with van der Waals surface area (Å²) in [7, 11) is 0. The zero-order valence-corrected chi connectivity index (χ0v) is 20.3. The number of benzene rings is 1. The van der Waals surface area contributed by atoms with E-state index in [4.69, 9.17) is 21.1 Å². The lowest BCUT2D eigenvalue weighted by Gasteiger charge is -2.34. The lowest BCUT2D eigenvalue weighted by atomic mass is 10.1. The second kappa shape index (κ2) is 10.7. The number of rotatable bonds is 7. The molecule has 9 nitrogen and oxygen atoms in total. The van der Waals surface area contributed by atoms with E-state index in [9.17, 15) is 18.0 Å². The summed E-state index contributed by atoms with van der Waals surface area (Å²) < 4.78 is 50.1. The quantitative estimate of drug-likeness (QED) is 0.475. The Kier molecular flexibility index (Phi) is 7.43. The highest BCUT2D eigenvalue weighted by atomic mass is 35.5. The molecule has 2 aliphatic heterocycles. The summed E-state index contributed by atoms with van der Waals surface area (Å²) >= 11 is 6.41. The third-order valence-electron chi connectivity index (χ3n) is 6.31. The molecule has 37 heavy (non-hydrogen) atoms. The van der Waals surface area contributed by atoms with Crippen molar-refractivity contribution in [3.8, 4) is 5.88 Å². The van der Waals surface area contributed by atoms with E-state index in [1.807, 2.05) is 4.90 Å². The number of morpholine rings is 1. The fourth-order valence-electron chi connectivity index (χ4n) is 4.25. The first-order chi connectivity index (χ1) is 17.8. The second-order valence-corrected chi connectivity index (χ2v) is 9.16. The summed E-state index contributed by atoms with van der Waals surface area (Å²) in [4.78, 5) is 26.8. The lowest BCUT2D eigenvalue weighted by molar-refractivity contribution is -0.145. The number of fused-ring (bicyclic) bond motifs is 1. The van der Waals surface area contributed by atoms with Crippen LogP contribution in [0.5, 0.6) is 5.88 Å². The molecule has 5 rings (SSSR count). The Morgan fingerprint density at radius 2 is 1.92 bits per heavy atom. The van der Waals surface area contributed by atoms with E-state index in [0.717, 1.165) is 25.5 Å². The molecule has 4 heterocycles. The van der Waals surface area contributed by atoms with Gasteiger partial charge in [0.1, 0.15) is 6.10 Å². The number of nitrogens with one attached hydrogen (secondary N) is 2. The van der Waals surface area contributed by atoms with Gasteiger partial charge in [-0.15, -0.1) is 0 Å². The van der Waals surface area contributed by atoms with Crippen molar-refractivity contribution in [2.24, 2.45) is 0 Å². The van der Waals surface area contributed by atoms with E-state index in [0.29, 0.717) is 48.6 Å². The van der Waals surface area contributed by atoms with Crippen molar-refractivity contribution >= 4 is 28.4 Å². The standard InChI is InChI=1S/C24H24ClF3N6O3/c25-17-2-3-18-16(1-4-20(33-18)37-15-11-29-12-15)21(17)22(35)30-13-19(34-5-7-36-8-6-34)14-9-31-23(32-10-14)24(26,27)28/h1-4,9-10,15,19,29H,5-8,11-13H2,(H,30,35). The molecule has 1 aromatic carbocycles. The van der Waals surface area contributed by atoms with Gasteiger partial charge in [-0.05, 0) is 18.2 Å². The van der Waals surface area contributed by atoms with Gasteiger partial charge in [0, 0.05) is 62.1 Å². The molecule has 1 unspecified atom stereocenters. The number of amides is 1. The number of hydrogen-bond donors (Lipinski definition) is 2. The molecule has 0 bridgehead atoms. The van der Waals surface area contributed by atoms with Crippen LogP contribution >= 0.6 is 11.6 Å². The molecule has 0 radical (unpaired) electrons. The van der Waals surface area contributed by atoms with Crippen LogP contribution < -0.4 is 15.4 Å². The van der Waals surface area contributed by atoms with Gasteiger partial charge in [-0.1, -0.05) is 11.6 Å². The summed E-state index contributed by atoms with van der Waals surface area (Å²) in [6, 6.07) is 6.30. The molecular formula is C24H24ClF3N6O3. The van der Waals surface area contributed by atoms with Gasteiger partial charge in [0.2, 0.25) is 11.7 Å². The molecular weight excluding hydrogens is 513 g/mol. The lowest BCUT2D eigenvalue weighted by Crippen LogP contribution is -2.50. The van der Waals surface area contributed by atoms with Gasteiger partial charge in [0.25, 0.3) is 5.91 Å². The van der Waals surface area contributed by atoms with Gasteiger partial charge in [-0.3, -0.25) is 9.69 Å². The molecule has 2 aromatic heterocycles. The Balaban J connectivity index is 1.36. The summed E-state index contributed by atoms with van der Waals surface area (Å²) in [5, 5.41) is 6.83. The molecule has 2 saturated heterocycles. The first-order valence-electron chi connectivity index (χ1n) is 11.8. The van der Waals surface area contributed by atoms with Crippen molar-refractivity contribution in [1.82, 2.24) is 30.5 Å². The predicted molar refractivity (Wildman–Crippen MR) is 129 cm³/mol. The fraction of sp³-hybridized carbons (Fsp3) is 0.417. The van der Waals surface area contributed by atoms with Crippen LogP contribution in [-0.2, 0) is 10.9 Å². The molecule has 0 saturated carbocycles. The van der Waals surface area contributed by atoms with Crippen LogP contribution in [0.15, 0.2) is 36.7 Å². The SMILES string of the molecule is O=C(NCC(c1cnc(C(F)(F)F)nc1)N1CCOCC1)c1c(Cl)ccc2nc(OC3CNC3)ccc12. The van der Waals surface area contributed by atoms with Gasteiger partial charge in [-0.2, -0.15) is 13.2 Å². The number of alkyl halides is 3. The highest BCUT2D eigenvalue weighted by molar-refractivity contribution is 6.35. The Morgan fingerprint density at radius 1 is 1.19 bits per heavy atom. The third-order valence-corrected chi connectivity index (χ3v) is 6.62. The number of halogens is 4. The molecule has 3 aromatic rings. The summed E-state index contributed by atoms with van der Waals surface area (Å²) in [6.07, 6.45) is -2.28. The largest absolute Gasteiger partial charge is 0.472 e. The van der Waals surface area contributed by atoms with Crippen LogP contribution in [0.1, 0.15) is 27.8 Å². The Bertz CT molecular complexity index is 1270. The Labute approximate surface area is 215 Å². The zero-order chi connectivity index (χ0) is 26.0. The van der Waals surface area contributed by atoms with E-state index < -0.39 is 23.9 Å². The normalized spacial score (nSPS) is 17.8. The number of carbonyl (C=O) groups excluding carboxylic acids is 1. The Morgan fingerprint density at radius 3 is 2.57 bits per heavy atom. The zero-order valence-electron chi connectivity index (χ0n) is 19.6. The minimum Gasteiger partial charge on any atom is -0.472 e. The highest BCUT2D eigenvalue weighted by Crippen LogP contribution is 2.29. The molecule has 2 fully saturated rings. The number of ether oxygens (including phenoxy) is 2. The van der Waals surface area contributed by atoms with Crippen molar-refractivity contribution in [3.05, 3.63) is 58.6 Å². The van der Waals surface area contributed by atoms with Crippen molar-refractivity contribution in [1.29, 1.82) is 0 Å². The number of aromatic nitrogens is 3. The summed E-state index contributed by atoms with van der Waals surface area (Å²) in [6.45, 7) is 3.62. The Hall–Kier alpha value is -3.06. The molecule has 2 N–H and O–H groups in total. The van der Waals surface area contributed by atoms with Crippen LogP contribution in [0.2, 0.25) is 5.02 Å². The van der Waals surface area contributed by atoms with Crippen LogP contribution in [0.4, 0.5) is 13.2 Å². The summed E-state index contributed by atoms with van der Waals surface area (Å²) in [5.74, 6) is -1.18. The molecule has 0 spiro atoms. The van der Waals surface area contributed by atoms with Gasteiger partial charge < -0.3 is 20.1 Å². The molecule has 13 heteroatoms. The minimum absolute atomic E-state index is 0.0614. The van der Waals surface area contributed by atoms with Crippen molar-refractivity contribution in [2.75, 3.05) is 45.9 Å². The maximum atomic E-state index is 13.3. The molecule has 2 aliphatic rings. The van der Waals surface area contributed by atoms with Crippen LogP contribution in [-0.4, -0.2) is 77.8 Å². The highest BCUT2D eigenvalue weighted by Gasteiger charge is 2.35.